The van der Waals surface area contributed by atoms with Gasteiger partial charge in [0, 0.05) is 13.1 Å². The first-order valence-corrected chi connectivity index (χ1v) is 5.46. The fourth-order valence-electron chi connectivity index (χ4n) is 1.17. The highest BCUT2D eigenvalue weighted by molar-refractivity contribution is 5.76. The first-order chi connectivity index (χ1) is 8.06. The highest BCUT2D eigenvalue weighted by Crippen LogP contribution is 2.16. The van der Waals surface area contributed by atoms with Crippen LogP contribution < -0.4 is 9.64 Å². The van der Waals surface area contributed by atoms with E-state index in [1.807, 2.05) is 6.92 Å². The minimum absolute atomic E-state index is 0.460. The van der Waals surface area contributed by atoms with Crippen LogP contribution in [0.15, 0.2) is 12.4 Å². The van der Waals surface area contributed by atoms with Gasteiger partial charge in [0.05, 0.1) is 6.61 Å². The zero-order chi connectivity index (χ0) is 12.8. The van der Waals surface area contributed by atoms with E-state index < -0.39 is 12.0 Å². The summed E-state index contributed by atoms with van der Waals surface area (Å²) < 4.78 is 5.36. The molecular weight excluding hydrogens is 222 g/mol. The molecule has 1 rings (SSSR count). The van der Waals surface area contributed by atoms with Gasteiger partial charge in [-0.05, 0) is 13.3 Å². The van der Waals surface area contributed by atoms with E-state index in [2.05, 4.69) is 9.97 Å². The SMILES string of the molecule is CCCOc1cc(N(C)C(C)C(=O)O)ncn1. The summed E-state index contributed by atoms with van der Waals surface area (Å²) in [6.07, 6.45) is 2.26. The second-order valence-electron chi connectivity index (χ2n) is 3.69. The van der Waals surface area contributed by atoms with E-state index >= 15 is 0 Å². The number of ether oxygens (including phenoxy) is 1. The van der Waals surface area contributed by atoms with E-state index in [1.54, 1.807) is 24.9 Å². The summed E-state index contributed by atoms with van der Waals surface area (Å²) in [4.78, 5) is 20.4. The smallest absolute Gasteiger partial charge is 0.326 e. The molecule has 0 aromatic carbocycles. The lowest BCUT2D eigenvalue weighted by molar-refractivity contribution is -0.138. The molecule has 0 aliphatic heterocycles. The Balaban J connectivity index is 2.80. The highest BCUT2D eigenvalue weighted by atomic mass is 16.5. The number of hydrogen-bond acceptors (Lipinski definition) is 5. The Morgan fingerprint density at radius 1 is 1.59 bits per heavy atom. The average molecular weight is 239 g/mol. The van der Waals surface area contributed by atoms with Crippen molar-refractivity contribution in [2.75, 3.05) is 18.6 Å². The first-order valence-electron chi connectivity index (χ1n) is 5.46. The number of anilines is 1. The average Bonchev–Trinajstić information content (AvgIpc) is 2.34. The van der Waals surface area contributed by atoms with Crippen LogP contribution in [-0.2, 0) is 4.79 Å². The molecule has 1 heterocycles. The lowest BCUT2D eigenvalue weighted by Crippen LogP contribution is -2.36. The molecule has 6 nitrogen and oxygen atoms in total. The Hall–Kier alpha value is -1.85. The number of hydrogen-bond donors (Lipinski definition) is 1. The van der Waals surface area contributed by atoms with Crippen LogP contribution in [0.5, 0.6) is 5.88 Å². The largest absolute Gasteiger partial charge is 0.480 e. The predicted molar refractivity (Wildman–Crippen MR) is 63.3 cm³/mol. The minimum atomic E-state index is -0.901. The molecule has 1 aromatic heterocycles. The molecule has 0 radical (unpaired) electrons. The molecule has 0 bridgehead atoms. The summed E-state index contributed by atoms with van der Waals surface area (Å²) in [6.45, 7) is 4.17. The highest BCUT2D eigenvalue weighted by Gasteiger charge is 2.18. The Morgan fingerprint density at radius 3 is 2.88 bits per heavy atom. The molecule has 1 unspecified atom stereocenters. The van der Waals surface area contributed by atoms with Crippen LogP contribution in [0.25, 0.3) is 0 Å². The molecule has 0 spiro atoms. The van der Waals surface area contributed by atoms with Crippen LogP contribution in [0.3, 0.4) is 0 Å². The number of carboxylic acids is 1. The van der Waals surface area contributed by atoms with Crippen LogP contribution in [0, 0.1) is 0 Å². The van der Waals surface area contributed by atoms with E-state index in [0.717, 1.165) is 6.42 Å². The van der Waals surface area contributed by atoms with Crippen molar-refractivity contribution < 1.29 is 14.6 Å². The van der Waals surface area contributed by atoms with E-state index in [4.69, 9.17) is 9.84 Å². The normalized spacial score (nSPS) is 11.9. The fraction of sp³-hybridized carbons (Fsp3) is 0.545. The maximum absolute atomic E-state index is 10.9. The minimum Gasteiger partial charge on any atom is -0.480 e. The third kappa shape index (κ3) is 3.58. The number of carboxylic acid groups (broad SMARTS) is 1. The van der Waals surface area contributed by atoms with Crippen LogP contribution in [0.1, 0.15) is 20.3 Å². The second kappa shape index (κ2) is 6.03. The summed E-state index contributed by atoms with van der Waals surface area (Å²) in [5, 5.41) is 8.91. The van der Waals surface area contributed by atoms with Gasteiger partial charge in [-0.25, -0.2) is 14.8 Å². The quantitative estimate of drug-likeness (QED) is 0.803. The van der Waals surface area contributed by atoms with Gasteiger partial charge in [-0.2, -0.15) is 0 Å². The van der Waals surface area contributed by atoms with Gasteiger partial charge < -0.3 is 14.7 Å². The Bertz CT molecular complexity index is 384. The third-order valence-electron chi connectivity index (χ3n) is 2.38. The monoisotopic (exact) mass is 239 g/mol. The van der Waals surface area contributed by atoms with Crippen molar-refractivity contribution in [2.24, 2.45) is 0 Å². The van der Waals surface area contributed by atoms with Crippen LogP contribution in [0.4, 0.5) is 5.82 Å². The molecule has 94 valence electrons. The lowest BCUT2D eigenvalue weighted by Gasteiger charge is -2.22. The summed E-state index contributed by atoms with van der Waals surface area (Å²) in [5.74, 6) is 0.0874. The van der Waals surface area contributed by atoms with Crippen molar-refractivity contribution in [1.29, 1.82) is 0 Å². The molecule has 17 heavy (non-hydrogen) atoms. The van der Waals surface area contributed by atoms with Gasteiger partial charge in [0.15, 0.2) is 0 Å². The van der Waals surface area contributed by atoms with Crippen molar-refractivity contribution in [3.63, 3.8) is 0 Å². The molecule has 1 atom stereocenters. The molecule has 0 aliphatic rings. The van der Waals surface area contributed by atoms with Crippen molar-refractivity contribution in [2.45, 2.75) is 26.3 Å². The van der Waals surface area contributed by atoms with Crippen molar-refractivity contribution >= 4 is 11.8 Å². The summed E-state index contributed by atoms with van der Waals surface area (Å²) in [6, 6.07) is 0.985. The zero-order valence-corrected chi connectivity index (χ0v) is 10.3. The van der Waals surface area contributed by atoms with E-state index in [1.165, 1.54) is 6.33 Å². The van der Waals surface area contributed by atoms with Gasteiger partial charge >= 0.3 is 5.97 Å². The Morgan fingerprint density at radius 2 is 2.29 bits per heavy atom. The van der Waals surface area contributed by atoms with E-state index in [9.17, 15) is 4.79 Å². The molecular formula is C11H17N3O3. The van der Waals surface area contributed by atoms with Gasteiger partial charge in [-0.15, -0.1) is 0 Å². The Kier molecular flexibility index (Phi) is 4.68. The van der Waals surface area contributed by atoms with Crippen LogP contribution in [-0.4, -0.2) is 40.7 Å². The number of rotatable bonds is 6. The number of aromatic nitrogens is 2. The number of carbonyl (C=O) groups is 1. The maximum atomic E-state index is 10.9. The van der Waals surface area contributed by atoms with Gasteiger partial charge in [-0.1, -0.05) is 6.92 Å². The fourth-order valence-corrected chi connectivity index (χ4v) is 1.17. The third-order valence-corrected chi connectivity index (χ3v) is 2.38. The summed E-state index contributed by atoms with van der Waals surface area (Å²) in [7, 11) is 1.67. The molecule has 0 saturated heterocycles. The zero-order valence-electron chi connectivity index (χ0n) is 10.3. The second-order valence-corrected chi connectivity index (χ2v) is 3.69. The summed E-state index contributed by atoms with van der Waals surface area (Å²) >= 11 is 0. The van der Waals surface area contributed by atoms with Crippen LogP contribution in [0.2, 0.25) is 0 Å². The number of nitrogens with zero attached hydrogens (tertiary/aromatic N) is 3. The standard InChI is InChI=1S/C11H17N3O3/c1-4-5-17-10-6-9(12-7-13-10)14(3)8(2)11(15)16/h6-8H,4-5H2,1-3H3,(H,15,16). The van der Waals surface area contributed by atoms with Crippen molar-refractivity contribution in [3.8, 4) is 5.88 Å². The molecule has 0 aliphatic carbocycles. The van der Waals surface area contributed by atoms with Gasteiger partial charge in [-0.3, -0.25) is 0 Å². The van der Waals surface area contributed by atoms with Crippen LogP contribution >= 0.6 is 0 Å². The van der Waals surface area contributed by atoms with E-state index in [0.29, 0.717) is 18.3 Å². The number of likely N-dealkylation sites (N-methyl/N-ethyl adjacent to an activating group) is 1. The predicted octanol–water partition coefficient (Wildman–Crippen LogP) is 1.17. The molecule has 0 fully saturated rings. The topological polar surface area (TPSA) is 75.5 Å². The van der Waals surface area contributed by atoms with Gasteiger partial charge in [0.1, 0.15) is 18.2 Å². The lowest BCUT2D eigenvalue weighted by atomic mass is 10.3. The van der Waals surface area contributed by atoms with Gasteiger partial charge in [0.25, 0.3) is 0 Å². The Labute approximate surface area is 100 Å². The van der Waals surface area contributed by atoms with Crippen molar-refractivity contribution in [3.05, 3.63) is 12.4 Å². The molecule has 1 N–H and O–H groups in total. The molecule has 1 aromatic rings. The first kappa shape index (κ1) is 13.2. The van der Waals surface area contributed by atoms with E-state index in [-0.39, 0.29) is 0 Å². The van der Waals surface area contributed by atoms with Gasteiger partial charge in [0.2, 0.25) is 5.88 Å². The maximum Gasteiger partial charge on any atom is 0.326 e. The van der Waals surface area contributed by atoms with Crippen molar-refractivity contribution in [1.82, 2.24) is 9.97 Å². The molecule has 0 saturated carbocycles. The number of aliphatic carboxylic acids is 1. The molecule has 0 amide bonds. The molecule has 6 heteroatoms. The summed E-state index contributed by atoms with van der Waals surface area (Å²) in [5.41, 5.74) is 0.